The third-order valence-electron chi connectivity index (χ3n) is 3.38. The number of rotatable bonds is 4. The predicted octanol–water partition coefficient (Wildman–Crippen LogP) is 1.69. The van der Waals surface area contributed by atoms with Crippen LogP contribution >= 0.6 is 0 Å². The lowest BCUT2D eigenvalue weighted by Crippen LogP contribution is -2.36. The number of nitrogens with zero attached hydrogens (tertiary/aromatic N) is 1. The molecule has 1 heterocycles. The second-order valence-electron chi connectivity index (χ2n) is 4.62. The second-order valence-corrected chi connectivity index (χ2v) is 4.62. The fraction of sp³-hybridized carbons (Fsp3) is 0.400. The summed E-state index contributed by atoms with van der Waals surface area (Å²) < 4.78 is 5.13. The largest absolute Gasteiger partial charge is 0.497 e. The number of aliphatic hydroxyl groups is 1. The van der Waals surface area contributed by atoms with Crippen LogP contribution in [-0.2, 0) is 4.79 Å². The van der Waals surface area contributed by atoms with E-state index in [-0.39, 0.29) is 18.6 Å². The number of ether oxygens (including phenoxy) is 1. The van der Waals surface area contributed by atoms with Crippen LogP contribution in [0.25, 0.3) is 6.08 Å². The maximum absolute atomic E-state index is 12.0. The summed E-state index contributed by atoms with van der Waals surface area (Å²) in [5.74, 6) is 0.725. The van der Waals surface area contributed by atoms with Crippen LogP contribution < -0.4 is 4.74 Å². The number of hydrogen-bond donors (Lipinski definition) is 1. The van der Waals surface area contributed by atoms with Crippen molar-refractivity contribution in [2.45, 2.75) is 18.9 Å². The highest BCUT2D eigenvalue weighted by molar-refractivity contribution is 5.92. The van der Waals surface area contributed by atoms with Crippen LogP contribution in [0.4, 0.5) is 0 Å². The first-order valence-electron chi connectivity index (χ1n) is 6.48. The van der Waals surface area contributed by atoms with E-state index in [1.807, 2.05) is 24.3 Å². The zero-order chi connectivity index (χ0) is 13.7. The minimum atomic E-state index is -0.0423. The third kappa shape index (κ3) is 3.35. The number of methoxy groups -OCH3 is 1. The summed E-state index contributed by atoms with van der Waals surface area (Å²) in [7, 11) is 1.62. The molecular formula is C15H19NO3. The molecule has 1 aromatic rings. The van der Waals surface area contributed by atoms with Gasteiger partial charge in [-0.1, -0.05) is 12.1 Å². The highest BCUT2D eigenvalue weighted by Crippen LogP contribution is 2.18. The van der Waals surface area contributed by atoms with Gasteiger partial charge in [-0.2, -0.15) is 0 Å². The van der Waals surface area contributed by atoms with Crippen LogP contribution in [0.5, 0.6) is 5.75 Å². The Balaban J connectivity index is 2.03. The van der Waals surface area contributed by atoms with Crippen molar-refractivity contribution in [3.05, 3.63) is 35.9 Å². The number of benzene rings is 1. The maximum atomic E-state index is 12.0. The molecule has 4 nitrogen and oxygen atoms in total. The molecule has 19 heavy (non-hydrogen) atoms. The Kier molecular flexibility index (Phi) is 4.58. The highest BCUT2D eigenvalue weighted by Gasteiger charge is 2.26. The molecule has 2 rings (SSSR count). The molecule has 0 saturated carbocycles. The van der Waals surface area contributed by atoms with E-state index in [4.69, 9.17) is 4.74 Å². The quantitative estimate of drug-likeness (QED) is 0.839. The van der Waals surface area contributed by atoms with Crippen LogP contribution in [0.1, 0.15) is 18.4 Å². The molecule has 0 unspecified atom stereocenters. The van der Waals surface area contributed by atoms with E-state index in [9.17, 15) is 9.90 Å². The van der Waals surface area contributed by atoms with Gasteiger partial charge in [0.05, 0.1) is 19.8 Å². The summed E-state index contributed by atoms with van der Waals surface area (Å²) in [6.07, 6.45) is 5.18. The summed E-state index contributed by atoms with van der Waals surface area (Å²) in [5.41, 5.74) is 0.924. The molecule has 1 aliphatic heterocycles. The zero-order valence-corrected chi connectivity index (χ0v) is 11.1. The Morgan fingerprint density at radius 3 is 3.16 bits per heavy atom. The Bertz CT molecular complexity index is 470. The lowest BCUT2D eigenvalue weighted by atomic mass is 10.2. The Labute approximate surface area is 113 Å². The fourth-order valence-corrected chi connectivity index (χ4v) is 2.32. The topological polar surface area (TPSA) is 49.8 Å². The standard InChI is InChI=1S/C15H19NO3/c1-19-14-6-2-4-12(10-14)7-8-15(18)16-9-3-5-13(16)11-17/h2,4,6-8,10,13,17H,3,5,9,11H2,1H3/t13-/m0/s1. The van der Waals surface area contributed by atoms with E-state index in [0.717, 1.165) is 30.7 Å². The lowest BCUT2D eigenvalue weighted by Gasteiger charge is -2.21. The van der Waals surface area contributed by atoms with Crippen molar-refractivity contribution in [2.75, 3.05) is 20.3 Å². The van der Waals surface area contributed by atoms with Crippen molar-refractivity contribution in [3.63, 3.8) is 0 Å². The molecule has 102 valence electrons. The van der Waals surface area contributed by atoms with Crippen LogP contribution in [0.15, 0.2) is 30.3 Å². The van der Waals surface area contributed by atoms with E-state index in [1.165, 1.54) is 0 Å². The molecule has 1 aromatic carbocycles. The maximum Gasteiger partial charge on any atom is 0.246 e. The van der Waals surface area contributed by atoms with Gasteiger partial charge in [-0.3, -0.25) is 4.79 Å². The number of carbonyl (C=O) groups is 1. The van der Waals surface area contributed by atoms with Gasteiger partial charge in [0, 0.05) is 12.6 Å². The molecule has 0 radical (unpaired) electrons. The summed E-state index contributed by atoms with van der Waals surface area (Å²) in [6.45, 7) is 0.769. The van der Waals surface area contributed by atoms with Gasteiger partial charge < -0.3 is 14.7 Å². The molecule has 4 heteroatoms. The minimum absolute atomic E-state index is 0.0255. The van der Waals surface area contributed by atoms with Crippen molar-refractivity contribution >= 4 is 12.0 Å². The van der Waals surface area contributed by atoms with Crippen molar-refractivity contribution < 1.29 is 14.6 Å². The lowest BCUT2D eigenvalue weighted by molar-refractivity contribution is -0.127. The van der Waals surface area contributed by atoms with E-state index in [1.54, 1.807) is 24.2 Å². The van der Waals surface area contributed by atoms with E-state index in [0.29, 0.717) is 0 Å². The first kappa shape index (κ1) is 13.6. The van der Waals surface area contributed by atoms with Gasteiger partial charge in [0.1, 0.15) is 5.75 Å². The SMILES string of the molecule is COc1cccc(C=CC(=O)N2CCC[C@H]2CO)c1. The van der Waals surface area contributed by atoms with Gasteiger partial charge in [0.25, 0.3) is 0 Å². The summed E-state index contributed by atoms with van der Waals surface area (Å²) >= 11 is 0. The molecular weight excluding hydrogens is 242 g/mol. The van der Waals surface area contributed by atoms with E-state index < -0.39 is 0 Å². The third-order valence-corrected chi connectivity index (χ3v) is 3.38. The Morgan fingerprint density at radius 1 is 1.58 bits per heavy atom. The number of hydrogen-bond acceptors (Lipinski definition) is 3. The van der Waals surface area contributed by atoms with Gasteiger partial charge in [0.2, 0.25) is 5.91 Å². The summed E-state index contributed by atoms with van der Waals surface area (Å²) in [4.78, 5) is 13.8. The molecule has 0 aromatic heterocycles. The molecule has 1 saturated heterocycles. The molecule has 1 amide bonds. The van der Waals surface area contributed by atoms with Crippen molar-refractivity contribution in [1.29, 1.82) is 0 Å². The van der Waals surface area contributed by atoms with Crippen molar-refractivity contribution in [2.24, 2.45) is 0 Å². The average Bonchev–Trinajstić information content (AvgIpc) is 2.93. The first-order chi connectivity index (χ1) is 9.24. The smallest absolute Gasteiger partial charge is 0.246 e. The number of likely N-dealkylation sites (tertiary alicyclic amines) is 1. The van der Waals surface area contributed by atoms with Gasteiger partial charge >= 0.3 is 0 Å². The molecule has 1 aliphatic rings. The second kappa shape index (κ2) is 6.38. The monoisotopic (exact) mass is 261 g/mol. The first-order valence-corrected chi connectivity index (χ1v) is 6.48. The van der Waals surface area contributed by atoms with Gasteiger partial charge in [-0.05, 0) is 36.6 Å². The van der Waals surface area contributed by atoms with E-state index >= 15 is 0 Å². The van der Waals surface area contributed by atoms with E-state index in [2.05, 4.69) is 0 Å². The summed E-state index contributed by atoms with van der Waals surface area (Å²) in [5, 5.41) is 9.20. The van der Waals surface area contributed by atoms with Crippen LogP contribution in [-0.4, -0.2) is 42.2 Å². The normalized spacial score (nSPS) is 19.1. The molecule has 1 atom stereocenters. The van der Waals surface area contributed by atoms with Gasteiger partial charge in [0.15, 0.2) is 0 Å². The summed E-state index contributed by atoms with van der Waals surface area (Å²) in [6, 6.07) is 7.51. The minimum Gasteiger partial charge on any atom is -0.497 e. The molecule has 0 bridgehead atoms. The van der Waals surface area contributed by atoms with Crippen molar-refractivity contribution in [1.82, 2.24) is 4.90 Å². The molecule has 0 spiro atoms. The molecule has 1 fully saturated rings. The number of aliphatic hydroxyl groups excluding tert-OH is 1. The van der Waals surface area contributed by atoms with Gasteiger partial charge in [-0.15, -0.1) is 0 Å². The van der Waals surface area contributed by atoms with Crippen LogP contribution in [0.2, 0.25) is 0 Å². The van der Waals surface area contributed by atoms with Gasteiger partial charge in [-0.25, -0.2) is 0 Å². The van der Waals surface area contributed by atoms with Crippen LogP contribution in [0, 0.1) is 0 Å². The highest BCUT2D eigenvalue weighted by atomic mass is 16.5. The average molecular weight is 261 g/mol. The Morgan fingerprint density at radius 2 is 2.42 bits per heavy atom. The van der Waals surface area contributed by atoms with Crippen LogP contribution in [0.3, 0.4) is 0 Å². The number of carbonyl (C=O) groups excluding carboxylic acids is 1. The molecule has 0 aliphatic carbocycles. The predicted molar refractivity (Wildman–Crippen MR) is 73.8 cm³/mol. The molecule has 1 N–H and O–H groups in total. The van der Waals surface area contributed by atoms with Crippen molar-refractivity contribution in [3.8, 4) is 5.75 Å². The fourth-order valence-electron chi connectivity index (χ4n) is 2.32. The Hall–Kier alpha value is -1.81. The number of amides is 1. The zero-order valence-electron chi connectivity index (χ0n) is 11.1.